The zero-order valence-corrected chi connectivity index (χ0v) is 28.3. The number of ether oxygens (including phenoxy) is 1. The van der Waals surface area contributed by atoms with Crippen LogP contribution >= 0.6 is 0 Å². The molecule has 55 heavy (non-hydrogen) atoms. The Kier molecular flexibility index (Phi) is 8.35. The standard InChI is InChI=1S/C42H26N4O9/c47-29-11-1-23(2-12-29)37(49)43-25-5-19-33-35(21-25)41(53)45(39(33)51)27-7-15-31(16-8-27)55-32-17-9-28(10-18-32)46-40(52)34-20-6-26(22-36(34)42(46)54)44-38(50)24-3-13-30(48)14-4-24/h1-22,47-48H,(H,43,49)(H,44,50). The van der Waals surface area contributed by atoms with Gasteiger partial charge in [0.2, 0.25) is 0 Å². The summed E-state index contributed by atoms with van der Waals surface area (Å²) in [5.74, 6) is -2.27. The summed E-state index contributed by atoms with van der Waals surface area (Å²) >= 11 is 0. The Morgan fingerprint density at radius 1 is 0.436 bits per heavy atom. The highest BCUT2D eigenvalue weighted by Gasteiger charge is 2.38. The van der Waals surface area contributed by atoms with Gasteiger partial charge in [-0.15, -0.1) is 0 Å². The zero-order chi connectivity index (χ0) is 38.4. The fourth-order valence-corrected chi connectivity index (χ4v) is 6.20. The third-order valence-electron chi connectivity index (χ3n) is 8.97. The summed E-state index contributed by atoms with van der Waals surface area (Å²) in [6.45, 7) is 0. The Labute approximate surface area is 311 Å². The molecule has 0 aromatic heterocycles. The summed E-state index contributed by atoms with van der Waals surface area (Å²) in [6, 6.07) is 32.8. The SMILES string of the molecule is O=C(Nc1ccc2c(c1)C(=O)N(c1ccc(Oc3ccc(N4C(=O)c5ccc(NC(=O)c6ccc(O)cc6)cc5C4=O)cc3)cc1)C2=O)c1ccc(O)cc1. The van der Waals surface area contributed by atoms with E-state index in [1.165, 1.54) is 84.9 Å². The second kappa shape index (κ2) is 13.5. The minimum Gasteiger partial charge on any atom is -0.508 e. The van der Waals surface area contributed by atoms with Gasteiger partial charge in [-0.25, -0.2) is 9.80 Å². The van der Waals surface area contributed by atoms with Crippen molar-refractivity contribution in [1.29, 1.82) is 0 Å². The summed E-state index contributed by atoms with van der Waals surface area (Å²) < 4.78 is 5.95. The molecule has 13 nitrogen and oxygen atoms in total. The van der Waals surface area contributed by atoms with Gasteiger partial charge < -0.3 is 25.6 Å². The van der Waals surface area contributed by atoms with E-state index in [0.717, 1.165) is 9.80 Å². The number of nitrogens with one attached hydrogen (secondary N) is 2. The van der Waals surface area contributed by atoms with Gasteiger partial charge in [0.05, 0.1) is 33.6 Å². The zero-order valence-electron chi connectivity index (χ0n) is 28.3. The van der Waals surface area contributed by atoms with Gasteiger partial charge in [0.25, 0.3) is 35.4 Å². The fourth-order valence-electron chi connectivity index (χ4n) is 6.20. The summed E-state index contributed by atoms with van der Waals surface area (Å²) in [5, 5.41) is 24.3. The van der Waals surface area contributed by atoms with Crippen LogP contribution in [0, 0.1) is 0 Å². The summed E-state index contributed by atoms with van der Waals surface area (Å²) in [6.07, 6.45) is 0. The largest absolute Gasteiger partial charge is 0.508 e. The lowest BCUT2D eigenvalue weighted by Crippen LogP contribution is -2.29. The molecule has 0 saturated carbocycles. The Morgan fingerprint density at radius 3 is 1.15 bits per heavy atom. The van der Waals surface area contributed by atoms with Gasteiger partial charge >= 0.3 is 0 Å². The third kappa shape index (κ3) is 6.38. The third-order valence-corrected chi connectivity index (χ3v) is 8.97. The van der Waals surface area contributed by atoms with Crippen molar-refractivity contribution in [2.24, 2.45) is 0 Å². The Balaban J connectivity index is 0.913. The molecule has 13 heteroatoms. The van der Waals surface area contributed by atoms with Crippen molar-refractivity contribution in [1.82, 2.24) is 0 Å². The lowest BCUT2D eigenvalue weighted by molar-refractivity contribution is 0.0910. The van der Waals surface area contributed by atoms with Crippen LogP contribution in [-0.2, 0) is 0 Å². The molecule has 0 aliphatic carbocycles. The molecule has 0 bridgehead atoms. The molecule has 268 valence electrons. The fraction of sp³-hybridized carbons (Fsp3) is 0. The van der Waals surface area contributed by atoms with Crippen molar-refractivity contribution in [3.8, 4) is 23.0 Å². The Hall–Kier alpha value is -8.06. The Morgan fingerprint density at radius 2 is 0.782 bits per heavy atom. The first-order chi connectivity index (χ1) is 26.5. The number of nitrogens with zero attached hydrogens (tertiary/aromatic N) is 2. The van der Waals surface area contributed by atoms with E-state index in [1.54, 1.807) is 48.5 Å². The smallest absolute Gasteiger partial charge is 0.266 e. The summed E-state index contributed by atoms with van der Waals surface area (Å²) in [4.78, 5) is 80.5. The van der Waals surface area contributed by atoms with Crippen LogP contribution in [0.25, 0.3) is 0 Å². The van der Waals surface area contributed by atoms with Crippen molar-refractivity contribution in [2.75, 3.05) is 20.4 Å². The van der Waals surface area contributed by atoms with E-state index in [0.29, 0.717) is 45.4 Å². The molecular weight excluding hydrogens is 704 g/mol. The van der Waals surface area contributed by atoms with Crippen molar-refractivity contribution in [2.45, 2.75) is 0 Å². The number of phenols is 2. The highest BCUT2D eigenvalue weighted by atomic mass is 16.5. The molecule has 0 atom stereocenters. The average Bonchev–Trinajstić information content (AvgIpc) is 3.58. The number of hydrogen-bond acceptors (Lipinski definition) is 9. The predicted molar refractivity (Wildman–Crippen MR) is 200 cm³/mol. The molecule has 6 aromatic carbocycles. The van der Waals surface area contributed by atoms with Crippen LogP contribution in [0.1, 0.15) is 62.1 Å². The van der Waals surface area contributed by atoms with Crippen molar-refractivity contribution < 1.29 is 43.7 Å². The van der Waals surface area contributed by atoms with Crippen molar-refractivity contribution >= 4 is 58.2 Å². The van der Waals surface area contributed by atoms with E-state index in [-0.39, 0.29) is 33.8 Å². The summed E-state index contributed by atoms with van der Waals surface area (Å²) in [7, 11) is 0. The number of carbonyl (C=O) groups excluding carboxylic acids is 6. The number of carbonyl (C=O) groups is 6. The second-order valence-corrected chi connectivity index (χ2v) is 12.5. The van der Waals surface area contributed by atoms with Crippen molar-refractivity contribution in [3.05, 3.63) is 167 Å². The van der Waals surface area contributed by atoms with Gasteiger partial charge in [-0.1, -0.05) is 0 Å². The molecule has 2 aliphatic rings. The molecule has 6 aromatic rings. The number of imide groups is 2. The van der Waals surface area contributed by atoms with Crippen LogP contribution in [0.15, 0.2) is 133 Å². The van der Waals surface area contributed by atoms with Crippen LogP contribution in [0.5, 0.6) is 23.0 Å². The molecular formula is C42H26N4O9. The maximum absolute atomic E-state index is 13.4. The molecule has 0 spiro atoms. The number of amides is 6. The van der Waals surface area contributed by atoms with E-state index >= 15 is 0 Å². The summed E-state index contributed by atoms with van der Waals surface area (Å²) in [5.41, 5.74) is 2.47. The minimum atomic E-state index is -0.562. The molecule has 4 N–H and O–H groups in total. The van der Waals surface area contributed by atoms with Crippen LogP contribution < -0.4 is 25.2 Å². The van der Waals surface area contributed by atoms with Crippen LogP contribution in [0.2, 0.25) is 0 Å². The highest BCUT2D eigenvalue weighted by Crippen LogP contribution is 2.34. The second-order valence-electron chi connectivity index (χ2n) is 12.5. The van der Waals surface area contributed by atoms with E-state index < -0.39 is 35.4 Å². The quantitative estimate of drug-likeness (QED) is 0.120. The predicted octanol–water partition coefficient (Wildman–Crippen LogP) is 7.00. The lowest BCUT2D eigenvalue weighted by Gasteiger charge is -2.16. The van der Waals surface area contributed by atoms with Gasteiger partial charge in [0.1, 0.15) is 23.0 Å². The first-order valence-corrected chi connectivity index (χ1v) is 16.7. The number of fused-ring (bicyclic) bond motifs is 2. The van der Waals surface area contributed by atoms with Crippen LogP contribution in [0.4, 0.5) is 22.7 Å². The molecule has 0 fully saturated rings. The monoisotopic (exact) mass is 730 g/mol. The molecule has 0 radical (unpaired) electrons. The first-order valence-electron chi connectivity index (χ1n) is 16.7. The minimum absolute atomic E-state index is 0.0181. The highest BCUT2D eigenvalue weighted by molar-refractivity contribution is 6.35. The normalized spacial score (nSPS) is 13.1. The van der Waals surface area contributed by atoms with Gasteiger partial charge in [-0.3, -0.25) is 28.8 Å². The number of hydrogen-bond donors (Lipinski definition) is 4. The van der Waals surface area contributed by atoms with E-state index in [9.17, 15) is 39.0 Å². The molecule has 2 aliphatic heterocycles. The molecule has 6 amide bonds. The number of aromatic hydroxyl groups is 2. The average molecular weight is 731 g/mol. The Bertz CT molecular complexity index is 2410. The van der Waals surface area contributed by atoms with E-state index in [2.05, 4.69) is 10.6 Å². The number of phenolic OH excluding ortho intramolecular Hbond substituents is 2. The maximum atomic E-state index is 13.4. The van der Waals surface area contributed by atoms with E-state index in [1.807, 2.05) is 0 Å². The number of anilines is 4. The lowest BCUT2D eigenvalue weighted by atomic mass is 10.1. The van der Waals surface area contributed by atoms with Gasteiger partial charge in [0, 0.05) is 22.5 Å². The maximum Gasteiger partial charge on any atom is 0.266 e. The number of rotatable bonds is 8. The molecule has 8 rings (SSSR count). The number of benzene rings is 6. The van der Waals surface area contributed by atoms with E-state index in [4.69, 9.17) is 4.74 Å². The molecule has 2 heterocycles. The van der Waals surface area contributed by atoms with Gasteiger partial charge in [0.15, 0.2) is 0 Å². The van der Waals surface area contributed by atoms with Crippen LogP contribution in [-0.4, -0.2) is 45.7 Å². The first kappa shape index (κ1) is 34.0. The molecule has 0 unspecified atom stereocenters. The molecule has 0 saturated heterocycles. The van der Waals surface area contributed by atoms with Gasteiger partial charge in [-0.05, 0) is 133 Å². The van der Waals surface area contributed by atoms with Crippen molar-refractivity contribution in [3.63, 3.8) is 0 Å². The topological polar surface area (TPSA) is 183 Å². The van der Waals surface area contributed by atoms with Gasteiger partial charge in [-0.2, -0.15) is 0 Å². The van der Waals surface area contributed by atoms with Crippen LogP contribution in [0.3, 0.4) is 0 Å².